The van der Waals surface area contributed by atoms with Crippen LogP contribution < -0.4 is 5.32 Å². The van der Waals surface area contributed by atoms with E-state index < -0.39 is 22.8 Å². The minimum Gasteiger partial charge on any atom is -0.468 e. The molecule has 14 heteroatoms. The Balaban J connectivity index is 1.70. The summed E-state index contributed by atoms with van der Waals surface area (Å²) in [6, 6.07) is 1.70. The number of alkyl halides is 3. The summed E-state index contributed by atoms with van der Waals surface area (Å²) in [5.41, 5.74) is 1.74. The molecule has 0 radical (unpaired) electrons. The largest absolute Gasteiger partial charge is 0.468 e. The molecule has 2 aromatic rings. The quantitative estimate of drug-likeness (QED) is 0.294. The van der Waals surface area contributed by atoms with Crippen LogP contribution in [-0.4, -0.2) is 72.2 Å². The smallest absolute Gasteiger partial charge is 0.422 e. The second-order valence-electron chi connectivity index (χ2n) is 8.89. The van der Waals surface area contributed by atoms with Crippen molar-refractivity contribution in [1.29, 1.82) is 0 Å². The van der Waals surface area contributed by atoms with Crippen molar-refractivity contribution in [1.82, 2.24) is 19.1 Å². The molecule has 37 heavy (non-hydrogen) atoms. The van der Waals surface area contributed by atoms with Gasteiger partial charge >= 0.3 is 6.18 Å². The van der Waals surface area contributed by atoms with Crippen LogP contribution in [-0.2, 0) is 26.1 Å². The van der Waals surface area contributed by atoms with Gasteiger partial charge in [-0.15, -0.1) is 0 Å². The van der Waals surface area contributed by atoms with E-state index in [9.17, 15) is 26.4 Å². The lowest BCUT2D eigenvalue weighted by Gasteiger charge is -2.29. The van der Waals surface area contributed by atoms with Crippen molar-refractivity contribution in [2.24, 2.45) is 10.9 Å². The summed E-state index contributed by atoms with van der Waals surface area (Å²) in [5, 5.41) is 7.94. The van der Waals surface area contributed by atoms with Gasteiger partial charge in [-0.05, 0) is 39.5 Å². The SMILES string of the molecule is C=N/C(OCC(F)(F)F)=C(C)\C=C(/C)Cn1cc2c(NC(=O)C3CCN(S(C)(=O)=O)CC3)nccc2n1. The van der Waals surface area contributed by atoms with Gasteiger partial charge in [0, 0.05) is 37.0 Å². The number of piperidine rings is 1. The molecular formula is C23H29F3N6O4S. The fraction of sp³-hybridized carbons (Fsp3) is 0.478. The molecule has 2 aromatic heterocycles. The number of fused-ring (bicyclic) bond motifs is 1. The van der Waals surface area contributed by atoms with Crippen molar-refractivity contribution < 1.29 is 31.1 Å². The molecule has 0 aromatic carbocycles. The molecule has 0 atom stereocenters. The van der Waals surface area contributed by atoms with Crippen LogP contribution in [0.25, 0.3) is 10.9 Å². The van der Waals surface area contributed by atoms with Crippen LogP contribution in [0, 0.1) is 5.92 Å². The van der Waals surface area contributed by atoms with Gasteiger partial charge < -0.3 is 10.1 Å². The van der Waals surface area contributed by atoms with Crippen LogP contribution >= 0.6 is 0 Å². The van der Waals surface area contributed by atoms with Crippen molar-refractivity contribution in [3.05, 3.63) is 41.6 Å². The highest BCUT2D eigenvalue weighted by Crippen LogP contribution is 2.25. The van der Waals surface area contributed by atoms with Gasteiger partial charge in [-0.2, -0.15) is 18.3 Å². The van der Waals surface area contributed by atoms with Crippen molar-refractivity contribution in [2.75, 3.05) is 31.3 Å². The number of allylic oxidation sites excluding steroid dienone is 3. The molecule has 1 N–H and O–H groups in total. The van der Waals surface area contributed by atoms with Gasteiger partial charge in [-0.25, -0.2) is 22.7 Å². The number of carbonyl (C=O) groups is 1. The Morgan fingerprint density at radius 2 is 2.00 bits per heavy atom. The number of pyridine rings is 1. The number of hydrogen-bond acceptors (Lipinski definition) is 7. The van der Waals surface area contributed by atoms with E-state index in [0.717, 1.165) is 11.8 Å². The van der Waals surface area contributed by atoms with Gasteiger partial charge in [0.15, 0.2) is 6.61 Å². The summed E-state index contributed by atoms with van der Waals surface area (Å²) in [6.45, 7) is 6.04. The summed E-state index contributed by atoms with van der Waals surface area (Å²) in [7, 11) is -3.28. The molecule has 202 valence electrons. The van der Waals surface area contributed by atoms with E-state index in [1.54, 1.807) is 36.9 Å². The number of carbonyl (C=O) groups excluding carboxylic acids is 1. The molecule has 3 heterocycles. The van der Waals surface area contributed by atoms with Crippen molar-refractivity contribution in [3.8, 4) is 0 Å². The first-order valence-corrected chi connectivity index (χ1v) is 13.2. The standard InChI is InChI=1S/C23H29F3N6O4S/c1-15(11-16(2)22(27-3)36-14-23(24,25)26)12-31-13-18-19(30-31)5-8-28-20(18)29-21(33)17-6-9-32(10-7-17)37(4,34)35/h5,8,11,13,17H,3,6-7,9-10,12,14H2,1-2,4H3,(H,28,29,33)/b15-11+,22-16+. The summed E-state index contributed by atoms with van der Waals surface area (Å²) < 4.78 is 68.5. The van der Waals surface area contributed by atoms with Crippen molar-refractivity contribution >= 4 is 39.4 Å². The highest BCUT2D eigenvalue weighted by Gasteiger charge is 2.30. The van der Waals surface area contributed by atoms with Gasteiger partial charge in [-0.1, -0.05) is 11.6 Å². The molecule has 0 aliphatic carbocycles. The Morgan fingerprint density at radius 3 is 2.59 bits per heavy atom. The van der Waals surface area contributed by atoms with Gasteiger partial charge in [0.2, 0.25) is 21.8 Å². The highest BCUT2D eigenvalue weighted by atomic mass is 32.2. The molecule has 1 aliphatic rings. The number of sulfonamides is 1. The van der Waals surface area contributed by atoms with Gasteiger partial charge in [0.25, 0.3) is 0 Å². The third kappa shape index (κ3) is 7.86. The van der Waals surface area contributed by atoms with Crippen LogP contribution in [0.5, 0.6) is 0 Å². The molecule has 0 bridgehead atoms. The monoisotopic (exact) mass is 542 g/mol. The maximum Gasteiger partial charge on any atom is 0.422 e. The van der Waals surface area contributed by atoms with Gasteiger partial charge in [0.1, 0.15) is 5.82 Å². The first-order valence-electron chi connectivity index (χ1n) is 11.4. The van der Waals surface area contributed by atoms with Gasteiger partial charge in [-0.3, -0.25) is 9.48 Å². The number of nitrogens with zero attached hydrogens (tertiary/aromatic N) is 5. The number of hydrogen-bond donors (Lipinski definition) is 1. The van der Waals surface area contributed by atoms with E-state index >= 15 is 0 Å². The Labute approximate surface area is 212 Å². The lowest BCUT2D eigenvalue weighted by Crippen LogP contribution is -2.40. The predicted octanol–water partition coefficient (Wildman–Crippen LogP) is 3.50. The molecular weight excluding hydrogens is 513 g/mol. The first-order chi connectivity index (χ1) is 17.3. The minimum atomic E-state index is -4.49. The molecule has 0 unspecified atom stereocenters. The normalized spacial score (nSPS) is 17.0. The van der Waals surface area contributed by atoms with E-state index in [-0.39, 0.29) is 30.8 Å². The van der Waals surface area contributed by atoms with E-state index in [4.69, 9.17) is 4.74 Å². The summed E-state index contributed by atoms with van der Waals surface area (Å²) in [5.74, 6) is -0.437. The van der Waals surface area contributed by atoms with Gasteiger partial charge in [0.05, 0.1) is 23.7 Å². The Morgan fingerprint density at radius 1 is 1.32 bits per heavy atom. The second-order valence-corrected chi connectivity index (χ2v) is 10.9. The molecule has 0 saturated carbocycles. The molecule has 10 nitrogen and oxygen atoms in total. The minimum absolute atomic E-state index is 0.209. The summed E-state index contributed by atoms with van der Waals surface area (Å²) in [4.78, 5) is 20.6. The highest BCUT2D eigenvalue weighted by molar-refractivity contribution is 7.88. The van der Waals surface area contributed by atoms with Crippen molar-refractivity contribution in [2.45, 2.75) is 39.4 Å². The Kier molecular flexibility index (Phi) is 8.74. The van der Waals surface area contributed by atoms with Crippen LogP contribution in [0.2, 0.25) is 0 Å². The zero-order valence-electron chi connectivity index (χ0n) is 20.7. The van der Waals surface area contributed by atoms with E-state index in [0.29, 0.717) is 41.7 Å². The first kappa shape index (κ1) is 28.3. The number of rotatable bonds is 9. The number of anilines is 1. The predicted molar refractivity (Wildman–Crippen MR) is 133 cm³/mol. The van der Waals surface area contributed by atoms with Crippen LogP contribution in [0.1, 0.15) is 26.7 Å². The third-order valence-corrected chi connectivity index (χ3v) is 7.05. The number of halogens is 3. The van der Waals surface area contributed by atoms with E-state index in [1.165, 1.54) is 10.5 Å². The average Bonchev–Trinajstić information content (AvgIpc) is 3.21. The number of aliphatic imine (C=N–C) groups is 1. The zero-order chi connectivity index (χ0) is 27.4. The number of ether oxygens (including phenoxy) is 1. The van der Waals surface area contributed by atoms with Crippen molar-refractivity contribution in [3.63, 3.8) is 0 Å². The number of aromatic nitrogens is 3. The maximum atomic E-state index is 12.8. The lowest BCUT2D eigenvalue weighted by molar-refractivity contribution is -0.165. The van der Waals surface area contributed by atoms with Crippen LogP contribution in [0.15, 0.2) is 46.6 Å². The lowest BCUT2D eigenvalue weighted by atomic mass is 9.97. The molecule has 1 fully saturated rings. The van der Waals surface area contributed by atoms with E-state index in [2.05, 4.69) is 27.1 Å². The molecule has 3 rings (SSSR count). The van der Waals surface area contributed by atoms with Crippen LogP contribution in [0.4, 0.5) is 19.0 Å². The Hall–Kier alpha value is -3.26. The van der Waals surface area contributed by atoms with E-state index in [1.807, 2.05) is 0 Å². The number of amides is 1. The molecule has 1 amide bonds. The zero-order valence-corrected chi connectivity index (χ0v) is 21.6. The summed E-state index contributed by atoms with van der Waals surface area (Å²) in [6.07, 6.45) is 2.37. The van der Waals surface area contributed by atoms with Crippen LogP contribution in [0.3, 0.4) is 0 Å². The average molecular weight is 543 g/mol. The summed E-state index contributed by atoms with van der Waals surface area (Å²) >= 11 is 0. The third-order valence-electron chi connectivity index (χ3n) is 5.74. The molecule has 0 spiro atoms. The topological polar surface area (TPSA) is 119 Å². The molecule has 1 saturated heterocycles. The fourth-order valence-electron chi connectivity index (χ4n) is 4.01. The second kappa shape index (κ2) is 11.4. The molecule has 1 aliphatic heterocycles. The Bertz CT molecular complexity index is 1330. The fourth-order valence-corrected chi connectivity index (χ4v) is 4.88. The number of nitrogens with one attached hydrogen (secondary N) is 1. The maximum absolute atomic E-state index is 12.8.